The highest BCUT2D eigenvalue weighted by Crippen LogP contribution is 2.27. The molecular formula is C14H24N6OS. The minimum Gasteiger partial charge on any atom is -0.352 e. The number of hydrogen-bond donors (Lipinski definition) is 2. The lowest BCUT2D eigenvalue weighted by molar-refractivity contribution is 0.134. The molecule has 0 saturated carbocycles. The van der Waals surface area contributed by atoms with Gasteiger partial charge >= 0.3 is 6.03 Å². The van der Waals surface area contributed by atoms with Crippen molar-refractivity contribution in [2.24, 2.45) is 11.7 Å². The third kappa shape index (κ3) is 4.13. The zero-order chi connectivity index (χ0) is 15.4. The quantitative estimate of drug-likeness (QED) is 0.831. The van der Waals surface area contributed by atoms with E-state index >= 15 is 0 Å². The number of nitrogens with two attached hydrogens (primary N) is 1. The fraction of sp³-hybridized carbons (Fsp3) is 0.786. The highest BCUT2D eigenvalue weighted by molar-refractivity contribution is 7.99. The molecule has 2 saturated heterocycles. The second kappa shape index (κ2) is 7.32. The molecule has 0 aliphatic carbocycles. The summed E-state index contributed by atoms with van der Waals surface area (Å²) in [7, 11) is 0. The van der Waals surface area contributed by atoms with Gasteiger partial charge in [0.1, 0.15) is 5.69 Å². The molecule has 8 heteroatoms. The van der Waals surface area contributed by atoms with Gasteiger partial charge in [0.2, 0.25) is 0 Å². The molecule has 1 atom stereocenters. The Morgan fingerprint density at radius 2 is 2.23 bits per heavy atom. The molecule has 0 spiro atoms. The topological polar surface area (TPSA) is 89.1 Å². The molecule has 0 unspecified atom stereocenters. The molecule has 0 aromatic carbocycles. The number of rotatable bonds is 5. The molecule has 3 rings (SSSR count). The molecule has 2 fully saturated rings. The van der Waals surface area contributed by atoms with Crippen LogP contribution < -0.4 is 11.1 Å². The van der Waals surface area contributed by atoms with Crippen LogP contribution in [0.4, 0.5) is 4.79 Å². The van der Waals surface area contributed by atoms with Gasteiger partial charge in [-0.25, -0.2) is 4.79 Å². The van der Waals surface area contributed by atoms with E-state index in [0.717, 1.165) is 18.3 Å². The second-order valence-corrected chi connectivity index (χ2v) is 7.30. The SMILES string of the molecule is NC(=O)NCc1cn(CC2CCN([C@H]3CCSC3)CC2)nn1. The molecule has 0 radical (unpaired) electrons. The van der Waals surface area contributed by atoms with Crippen LogP contribution in [0.5, 0.6) is 0 Å². The largest absolute Gasteiger partial charge is 0.352 e. The molecular weight excluding hydrogens is 300 g/mol. The molecule has 122 valence electrons. The van der Waals surface area contributed by atoms with Crippen LogP contribution in [0.2, 0.25) is 0 Å². The maximum atomic E-state index is 10.7. The van der Waals surface area contributed by atoms with E-state index in [0.29, 0.717) is 12.5 Å². The minimum atomic E-state index is -0.535. The summed E-state index contributed by atoms with van der Waals surface area (Å²) in [6, 6.07) is 0.274. The summed E-state index contributed by atoms with van der Waals surface area (Å²) in [5.74, 6) is 3.30. The van der Waals surface area contributed by atoms with Gasteiger partial charge in [-0.2, -0.15) is 11.8 Å². The molecule has 2 aliphatic heterocycles. The summed E-state index contributed by atoms with van der Waals surface area (Å²) in [6.45, 7) is 3.67. The first-order valence-corrected chi connectivity index (χ1v) is 9.10. The first-order chi connectivity index (χ1) is 10.7. The summed E-state index contributed by atoms with van der Waals surface area (Å²) in [5, 5.41) is 10.7. The van der Waals surface area contributed by atoms with Crippen LogP contribution in [-0.4, -0.2) is 56.6 Å². The molecule has 7 nitrogen and oxygen atoms in total. The van der Waals surface area contributed by atoms with E-state index in [4.69, 9.17) is 5.73 Å². The number of amides is 2. The van der Waals surface area contributed by atoms with Crippen molar-refractivity contribution in [3.8, 4) is 0 Å². The number of hydrogen-bond acceptors (Lipinski definition) is 5. The van der Waals surface area contributed by atoms with Crippen LogP contribution in [0.25, 0.3) is 0 Å². The minimum absolute atomic E-state index is 0.340. The van der Waals surface area contributed by atoms with Gasteiger partial charge in [-0.05, 0) is 44.0 Å². The van der Waals surface area contributed by atoms with Crippen LogP contribution in [0.1, 0.15) is 25.0 Å². The average molecular weight is 324 g/mol. The Labute approximate surface area is 135 Å². The number of carbonyl (C=O) groups is 1. The van der Waals surface area contributed by atoms with E-state index in [2.05, 4.69) is 32.3 Å². The van der Waals surface area contributed by atoms with Crippen molar-refractivity contribution in [2.45, 2.75) is 38.4 Å². The molecule has 3 heterocycles. The third-order valence-electron chi connectivity index (χ3n) is 4.55. The van der Waals surface area contributed by atoms with Gasteiger partial charge in [-0.3, -0.25) is 9.58 Å². The Kier molecular flexibility index (Phi) is 5.20. The van der Waals surface area contributed by atoms with Gasteiger partial charge < -0.3 is 11.1 Å². The fourth-order valence-corrected chi connectivity index (χ4v) is 4.52. The first kappa shape index (κ1) is 15.6. The first-order valence-electron chi connectivity index (χ1n) is 7.95. The molecule has 1 aromatic rings. The van der Waals surface area contributed by atoms with Crippen LogP contribution in [-0.2, 0) is 13.1 Å². The summed E-state index contributed by atoms with van der Waals surface area (Å²) in [6.07, 6.45) is 5.72. The van der Waals surface area contributed by atoms with E-state index in [9.17, 15) is 4.79 Å². The zero-order valence-electron chi connectivity index (χ0n) is 12.8. The highest BCUT2D eigenvalue weighted by Gasteiger charge is 2.27. The molecule has 2 amide bonds. The molecule has 3 N–H and O–H groups in total. The maximum Gasteiger partial charge on any atom is 0.312 e. The fourth-order valence-electron chi connectivity index (χ4n) is 3.26. The van der Waals surface area contributed by atoms with Crippen LogP contribution in [0.3, 0.4) is 0 Å². The predicted octanol–water partition coefficient (Wildman–Crippen LogP) is 0.664. The van der Waals surface area contributed by atoms with Crippen molar-refractivity contribution in [1.29, 1.82) is 0 Å². The van der Waals surface area contributed by atoms with Crippen LogP contribution in [0, 0.1) is 5.92 Å². The lowest BCUT2D eigenvalue weighted by atomic mass is 9.95. The van der Waals surface area contributed by atoms with Gasteiger partial charge in [-0.1, -0.05) is 5.21 Å². The van der Waals surface area contributed by atoms with E-state index < -0.39 is 6.03 Å². The number of aromatic nitrogens is 3. The lowest BCUT2D eigenvalue weighted by Gasteiger charge is -2.35. The van der Waals surface area contributed by atoms with Crippen LogP contribution >= 0.6 is 11.8 Å². The van der Waals surface area contributed by atoms with Crippen LogP contribution in [0.15, 0.2) is 6.20 Å². The van der Waals surface area contributed by atoms with Gasteiger partial charge in [0, 0.05) is 18.3 Å². The number of nitrogens with one attached hydrogen (secondary N) is 1. The number of nitrogens with zero attached hydrogens (tertiary/aromatic N) is 4. The summed E-state index contributed by atoms with van der Waals surface area (Å²) in [4.78, 5) is 13.4. The van der Waals surface area contributed by atoms with Crippen molar-refractivity contribution < 1.29 is 4.79 Å². The summed E-state index contributed by atoms with van der Waals surface area (Å²) >= 11 is 2.09. The number of carbonyl (C=O) groups excluding carboxylic acids is 1. The van der Waals surface area contributed by atoms with E-state index in [1.54, 1.807) is 0 Å². The molecule has 2 aliphatic rings. The zero-order valence-corrected chi connectivity index (χ0v) is 13.6. The average Bonchev–Trinajstić information content (AvgIpc) is 3.17. The number of thioether (sulfide) groups is 1. The normalized spacial score (nSPS) is 23.7. The van der Waals surface area contributed by atoms with Gasteiger partial charge in [0.15, 0.2) is 0 Å². The number of urea groups is 1. The Balaban J connectivity index is 1.43. The summed E-state index contributed by atoms with van der Waals surface area (Å²) < 4.78 is 1.89. The number of piperidine rings is 1. The number of primary amides is 1. The maximum absolute atomic E-state index is 10.7. The lowest BCUT2D eigenvalue weighted by Crippen LogP contribution is -2.42. The van der Waals surface area contributed by atoms with Crippen molar-refractivity contribution in [3.63, 3.8) is 0 Å². The smallest absolute Gasteiger partial charge is 0.312 e. The van der Waals surface area contributed by atoms with Gasteiger partial charge in [-0.15, -0.1) is 5.10 Å². The number of likely N-dealkylation sites (tertiary alicyclic amines) is 1. The molecule has 0 bridgehead atoms. The monoisotopic (exact) mass is 324 g/mol. The molecule has 22 heavy (non-hydrogen) atoms. The third-order valence-corrected chi connectivity index (χ3v) is 5.69. The van der Waals surface area contributed by atoms with E-state index in [1.807, 2.05) is 10.9 Å². The van der Waals surface area contributed by atoms with Crippen molar-refractivity contribution in [3.05, 3.63) is 11.9 Å². The Bertz CT molecular complexity index is 493. The molecule has 1 aromatic heterocycles. The van der Waals surface area contributed by atoms with Gasteiger partial charge in [0.05, 0.1) is 12.7 Å². The van der Waals surface area contributed by atoms with Crippen molar-refractivity contribution in [1.82, 2.24) is 25.2 Å². The highest BCUT2D eigenvalue weighted by atomic mass is 32.2. The predicted molar refractivity (Wildman–Crippen MR) is 86.5 cm³/mol. The van der Waals surface area contributed by atoms with Crippen molar-refractivity contribution in [2.75, 3.05) is 24.6 Å². The van der Waals surface area contributed by atoms with Gasteiger partial charge in [0.25, 0.3) is 0 Å². The summed E-state index contributed by atoms with van der Waals surface area (Å²) in [5.41, 5.74) is 5.80. The second-order valence-electron chi connectivity index (χ2n) is 6.15. The standard InChI is InChI=1S/C14H24N6OS/c15-14(21)16-7-12-9-20(18-17-12)8-11-1-4-19(5-2-11)13-3-6-22-10-13/h9,11,13H,1-8,10H2,(H3,15,16,21)/t13-/m0/s1. The Morgan fingerprint density at radius 1 is 1.41 bits per heavy atom. The Morgan fingerprint density at radius 3 is 2.91 bits per heavy atom. The Hall–Kier alpha value is -1.28. The van der Waals surface area contributed by atoms with E-state index in [-0.39, 0.29) is 0 Å². The van der Waals surface area contributed by atoms with E-state index in [1.165, 1.54) is 43.9 Å². The van der Waals surface area contributed by atoms with Crippen molar-refractivity contribution >= 4 is 17.8 Å².